The Hall–Kier alpha value is -2.56. The van der Waals surface area contributed by atoms with Gasteiger partial charge in [0, 0.05) is 5.75 Å². The number of hydrogen-bond donors (Lipinski definition) is 5. The Morgan fingerprint density at radius 2 is 2.00 bits per heavy atom. The van der Waals surface area contributed by atoms with Crippen LogP contribution in [0.3, 0.4) is 0 Å². The van der Waals surface area contributed by atoms with Crippen LogP contribution in [0.2, 0.25) is 0 Å². The van der Waals surface area contributed by atoms with Gasteiger partial charge in [-0.2, -0.15) is 0 Å². The van der Waals surface area contributed by atoms with E-state index in [9.17, 15) is 29.7 Å². The summed E-state index contributed by atoms with van der Waals surface area (Å²) in [4.78, 5) is 37.2. The van der Waals surface area contributed by atoms with Gasteiger partial charge >= 0.3 is 5.97 Å². The maximum absolute atomic E-state index is 12.4. The number of aliphatic carboxylic acids is 1. The minimum atomic E-state index is -1.29. The van der Waals surface area contributed by atoms with Gasteiger partial charge in [-0.15, -0.1) is 11.8 Å². The van der Waals surface area contributed by atoms with Gasteiger partial charge in [-0.3, -0.25) is 14.5 Å². The Morgan fingerprint density at radius 3 is 2.58 bits per heavy atom. The first-order chi connectivity index (χ1) is 12.3. The number of phenolic OH excluding ortho intramolecular Hbond substituents is 1. The molecule has 2 aliphatic heterocycles. The zero-order chi connectivity index (χ0) is 19.0. The van der Waals surface area contributed by atoms with Crippen molar-refractivity contribution in [1.82, 2.24) is 10.2 Å². The number of aliphatic hydroxyl groups is 1. The van der Waals surface area contributed by atoms with E-state index >= 15 is 0 Å². The van der Waals surface area contributed by atoms with Crippen LogP contribution in [-0.2, 0) is 14.4 Å². The quantitative estimate of drug-likeness (QED) is 0.414. The predicted octanol–water partition coefficient (Wildman–Crippen LogP) is -0.877. The summed E-state index contributed by atoms with van der Waals surface area (Å²) in [6.45, 7) is -0.451. The average molecular weight is 379 g/mol. The van der Waals surface area contributed by atoms with Gasteiger partial charge in [-0.25, -0.2) is 4.79 Å². The number of benzene rings is 1. The second kappa shape index (κ2) is 6.98. The van der Waals surface area contributed by atoms with Crippen molar-refractivity contribution in [3.63, 3.8) is 0 Å². The Kier molecular flexibility index (Phi) is 4.90. The molecule has 1 saturated heterocycles. The molecule has 6 N–H and O–H groups in total. The van der Waals surface area contributed by atoms with Crippen LogP contribution in [0.1, 0.15) is 11.6 Å². The molecule has 1 aromatic rings. The van der Waals surface area contributed by atoms with Crippen LogP contribution in [-0.4, -0.2) is 61.8 Å². The van der Waals surface area contributed by atoms with E-state index in [-0.39, 0.29) is 22.8 Å². The number of aromatic hydroxyl groups is 1. The van der Waals surface area contributed by atoms with Crippen LogP contribution in [0, 0.1) is 0 Å². The third-order valence-corrected chi connectivity index (χ3v) is 5.61. The molecule has 2 aliphatic rings. The molecule has 3 atom stereocenters. The number of thioether (sulfide) groups is 1. The largest absolute Gasteiger partial charge is 0.508 e. The molecule has 1 aromatic carbocycles. The molecule has 0 aliphatic carbocycles. The predicted molar refractivity (Wildman–Crippen MR) is 91.8 cm³/mol. The third kappa shape index (κ3) is 3.02. The van der Waals surface area contributed by atoms with Crippen molar-refractivity contribution in [1.29, 1.82) is 0 Å². The Bertz CT molecular complexity index is 794. The summed E-state index contributed by atoms with van der Waals surface area (Å²) in [7, 11) is 0. The number of carboxylic acid groups (broad SMARTS) is 1. The lowest BCUT2D eigenvalue weighted by atomic mass is 10.0. The van der Waals surface area contributed by atoms with Gasteiger partial charge in [0.05, 0.1) is 6.61 Å². The van der Waals surface area contributed by atoms with Crippen LogP contribution in [0.15, 0.2) is 35.5 Å². The summed E-state index contributed by atoms with van der Waals surface area (Å²) in [5, 5.41) is 29.9. The molecule has 2 unspecified atom stereocenters. The van der Waals surface area contributed by atoms with Crippen molar-refractivity contribution >= 4 is 29.5 Å². The number of nitrogens with zero attached hydrogens (tertiary/aromatic N) is 1. The van der Waals surface area contributed by atoms with E-state index in [2.05, 4.69) is 5.32 Å². The van der Waals surface area contributed by atoms with Gasteiger partial charge in [0.25, 0.3) is 5.91 Å². The molecule has 1 fully saturated rings. The second-order valence-corrected chi connectivity index (χ2v) is 6.99. The summed E-state index contributed by atoms with van der Waals surface area (Å²) in [6, 6.07) is 3.89. The van der Waals surface area contributed by atoms with Crippen LogP contribution >= 0.6 is 11.8 Å². The summed E-state index contributed by atoms with van der Waals surface area (Å²) in [6.07, 6.45) is 0. The highest BCUT2D eigenvalue weighted by Crippen LogP contribution is 2.40. The van der Waals surface area contributed by atoms with Crippen molar-refractivity contribution in [3.05, 3.63) is 41.1 Å². The minimum absolute atomic E-state index is 0.0393. The van der Waals surface area contributed by atoms with E-state index in [1.54, 1.807) is 0 Å². The van der Waals surface area contributed by atoms with E-state index in [1.807, 2.05) is 0 Å². The van der Waals surface area contributed by atoms with Gasteiger partial charge in [0.15, 0.2) is 0 Å². The Balaban J connectivity index is 1.72. The highest BCUT2D eigenvalue weighted by molar-refractivity contribution is 8.00. The van der Waals surface area contributed by atoms with Crippen molar-refractivity contribution in [2.24, 2.45) is 5.73 Å². The summed E-state index contributed by atoms with van der Waals surface area (Å²) >= 11 is 1.27. The van der Waals surface area contributed by atoms with Gasteiger partial charge < -0.3 is 26.4 Å². The molecule has 10 heteroatoms. The molecular weight excluding hydrogens is 362 g/mol. The Morgan fingerprint density at radius 1 is 1.35 bits per heavy atom. The number of carboxylic acids is 1. The standard InChI is InChI=1S/C16H17N3O6S/c17-10(7-1-3-9(21)4-2-7)13(22)18-11-14(23)19-12(16(24)25)8(5-20)6-26-15(11)19/h1-4,10-11,15,20-21H,5-6,17H2,(H,18,22)(H,24,25)/t10?,11?,15-/m1/s1. The van der Waals surface area contributed by atoms with Crippen molar-refractivity contribution in [3.8, 4) is 5.75 Å². The lowest BCUT2D eigenvalue weighted by Gasteiger charge is -2.49. The smallest absolute Gasteiger partial charge is 0.352 e. The number of hydrogen-bond acceptors (Lipinski definition) is 7. The number of nitrogens with one attached hydrogen (secondary N) is 1. The van der Waals surface area contributed by atoms with Crippen molar-refractivity contribution < 1.29 is 29.7 Å². The molecule has 0 bridgehead atoms. The molecule has 2 heterocycles. The Labute approximate surface area is 152 Å². The van der Waals surface area contributed by atoms with E-state index in [1.165, 1.54) is 36.0 Å². The third-order valence-electron chi connectivity index (χ3n) is 4.27. The molecule has 3 rings (SSSR count). The zero-order valence-electron chi connectivity index (χ0n) is 13.5. The number of fused-ring (bicyclic) bond motifs is 1. The number of rotatable bonds is 5. The monoisotopic (exact) mass is 379 g/mol. The maximum Gasteiger partial charge on any atom is 0.352 e. The number of carbonyl (C=O) groups excluding carboxylic acids is 2. The molecule has 138 valence electrons. The molecule has 0 spiro atoms. The number of β-lactam (4-membered cyclic amide) rings is 1. The van der Waals surface area contributed by atoms with Gasteiger partial charge in [0.1, 0.15) is 28.9 Å². The number of nitrogens with two attached hydrogens (primary N) is 1. The number of aliphatic hydroxyl groups excluding tert-OH is 1. The normalized spacial score (nSPS) is 23.2. The van der Waals surface area contributed by atoms with Crippen LogP contribution in [0.5, 0.6) is 5.75 Å². The number of phenols is 1. The number of carbonyl (C=O) groups is 3. The lowest BCUT2D eigenvalue weighted by Crippen LogP contribution is -2.71. The highest BCUT2D eigenvalue weighted by atomic mass is 32.2. The van der Waals surface area contributed by atoms with Crippen LogP contribution < -0.4 is 11.1 Å². The lowest BCUT2D eigenvalue weighted by molar-refractivity contribution is -0.151. The molecule has 2 amide bonds. The van der Waals surface area contributed by atoms with Crippen molar-refractivity contribution in [2.45, 2.75) is 17.5 Å². The fourth-order valence-electron chi connectivity index (χ4n) is 2.88. The van der Waals surface area contributed by atoms with Gasteiger partial charge in [-0.1, -0.05) is 12.1 Å². The van der Waals surface area contributed by atoms with Crippen LogP contribution in [0.4, 0.5) is 0 Å². The SMILES string of the molecule is NC(C(=O)NC1C(=O)N2C(C(=O)O)=C(CO)CS[C@H]12)c1ccc(O)cc1. The summed E-state index contributed by atoms with van der Waals surface area (Å²) < 4.78 is 0. The second-order valence-electron chi connectivity index (χ2n) is 5.88. The van der Waals surface area contributed by atoms with Crippen molar-refractivity contribution in [2.75, 3.05) is 12.4 Å². The highest BCUT2D eigenvalue weighted by Gasteiger charge is 2.54. The fraction of sp³-hybridized carbons (Fsp3) is 0.312. The first-order valence-electron chi connectivity index (χ1n) is 7.71. The van der Waals surface area contributed by atoms with Gasteiger partial charge in [0.2, 0.25) is 5.91 Å². The maximum atomic E-state index is 12.4. The molecule has 0 radical (unpaired) electrons. The fourth-order valence-corrected chi connectivity index (χ4v) is 4.22. The van der Waals surface area contributed by atoms with E-state index in [0.717, 1.165) is 4.90 Å². The first kappa shape index (κ1) is 18.2. The molecule has 0 saturated carbocycles. The summed E-state index contributed by atoms with van der Waals surface area (Å²) in [5.74, 6) is -2.14. The zero-order valence-corrected chi connectivity index (χ0v) is 14.3. The first-order valence-corrected chi connectivity index (χ1v) is 8.75. The molecule has 26 heavy (non-hydrogen) atoms. The topological polar surface area (TPSA) is 153 Å². The van der Waals surface area contributed by atoms with E-state index < -0.39 is 41.8 Å². The average Bonchev–Trinajstić information content (AvgIpc) is 2.64. The van der Waals surface area contributed by atoms with E-state index in [0.29, 0.717) is 5.56 Å². The molecule has 0 aromatic heterocycles. The molecule has 9 nitrogen and oxygen atoms in total. The molecular formula is C16H17N3O6S. The number of amides is 2. The van der Waals surface area contributed by atoms with Crippen LogP contribution in [0.25, 0.3) is 0 Å². The van der Waals surface area contributed by atoms with E-state index in [4.69, 9.17) is 5.73 Å². The van der Waals surface area contributed by atoms with Gasteiger partial charge in [-0.05, 0) is 23.3 Å². The summed E-state index contributed by atoms with van der Waals surface area (Å²) in [5.41, 5.74) is 6.39. The minimum Gasteiger partial charge on any atom is -0.508 e.